The molecule has 106 valence electrons. The van der Waals surface area contributed by atoms with E-state index in [2.05, 4.69) is 21.7 Å². The number of morpholine rings is 1. The van der Waals surface area contributed by atoms with E-state index >= 15 is 0 Å². The van der Waals surface area contributed by atoms with Gasteiger partial charge in [-0.05, 0) is 24.3 Å². The Bertz CT molecular complexity index is 610. The van der Waals surface area contributed by atoms with E-state index in [1.807, 2.05) is 54.7 Å². The molecule has 0 spiro atoms. The van der Waals surface area contributed by atoms with Gasteiger partial charge in [0, 0.05) is 24.8 Å². The number of hydrogen-bond donors (Lipinski definition) is 0. The molecule has 0 saturated carbocycles. The van der Waals surface area contributed by atoms with E-state index in [-0.39, 0.29) is 6.04 Å². The number of aromatic nitrogens is 1. The number of benzene rings is 1. The standard InChI is InChI=1S/C18H18N2O/c1-2-6-16(7-3-1)9-10-18(17-8-4-5-11-19-17)20-12-14-21-15-13-20/h1-8,11,18H,12-15H2. The predicted octanol–water partition coefficient (Wildman–Crippen LogP) is 2.51. The molecular weight excluding hydrogens is 260 g/mol. The second kappa shape index (κ2) is 7.03. The summed E-state index contributed by atoms with van der Waals surface area (Å²) in [5.41, 5.74) is 2.04. The van der Waals surface area contributed by atoms with Crippen LogP contribution in [-0.2, 0) is 4.74 Å². The van der Waals surface area contributed by atoms with Crippen molar-refractivity contribution in [3.8, 4) is 11.8 Å². The fraction of sp³-hybridized carbons (Fsp3) is 0.278. The van der Waals surface area contributed by atoms with Crippen molar-refractivity contribution in [1.29, 1.82) is 0 Å². The molecule has 1 fully saturated rings. The van der Waals surface area contributed by atoms with E-state index < -0.39 is 0 Å². The van der Waals surface area contributed by atoms with Crippen molar-refractivity contribution in [3.63, 3.8) is 0 Å². The van der Waals surface area contributed by atoms with Crippen LogP contribution in [0.15, 0.2) is 54.7 Å². The summed E-state index contributed by atoms with van der Waals surface area (Å²) < 4.78 is 5.44. The number of pyridine rings is 1. The van der Waals surface area contributed by atoms with Crippen molar-refractivity contribution < 1.29 is 4.74 Å². The first-order valence-corrected chi connectivity index (χ1v) is 7.23. The van der Waals surface area contributed by atoms with E-state index in [0.717, 1.165) is 37.6 Å². The lowest BCUT2D eigenvalue weighted by Gasteiger charge is -2.31. The molecule has 0 bridgehead atoms. The molecule has 3 nitrogen and oxygen atoms in total. The molecule has 0 radical (unpaired) electrons. The van der Waals surface area contributed by atoms with E-state index in [9.17, 15) is 0 Å². The predicted molar refractivity (Wildman–Crippen MR) is 82.7 cm³/mol. The Morgan fingerprint density at radius 3 is 2.48 bits per heavy atom. The van der Waals surface area contributed by atoms with Gasteiger partial charge in [-0.15, -0.1) is 0 Å². The van der Waals surface area contributed by atoms with Crippen LogP contribution in [-0.4, -0.2) is 36.2 Å². The van der Waals surface area contributed by atoms with E-state index in [0.29, 0.717) is 0 Å². The monoisotopic (exact) mass is 278 g/mol. The first-order chi connectivity index (χ1) is 10.4. The molecule has 1 atom stereocenters. The third kappa shape index (κ3) is 3.69. The Kier molecular flexibility index (Phi) is 4.62. The number of rotatable bonds is 2. The zero-order chi connectivity index (χ0) is 14.3. The van der Waals surface area contributed by atoms with Crippen molar-refractivity contribution in [2.45, 2.75) is 6.04 Å². The summed E-state index contributed by atoms with van der Waals surface area (Å²) in [5, 5.41) is 0. The SMILES string of the molecule is C(#CC(c1ccccn1)N1CCOCC1)c1ccccc1. The molecule has 0 N–H and O–H groups in total. The van der Waals surface area contributed by atoms with E-state index in [4.69, 9.17) is 4.74 Å². The Balaban J connectivity index is 1.87. The highest BCUT2D eigenvalue weighted by atomic mass is 16.5. The molecule has 1 saturated heterocycles. The summed E-state index contributed by atoms with van der Waals surface area (Å²) in [5.74, 6) is 6.65. The molecule has 1 aromatic heterocycles. The number of hydrogen-bond acceptors (Lipinski definition) is 3. The van der Waals surface area contributed by atoms with Crippen LogP contribution in [0.25, 0.3) is 0 Å². The van der Waals surface area contributed by atoms with Gasteiger partial charge in [-0.2, -0.15) is 0 Å². The zero-order valence-corrected chi connectivity index (χ0v) is 11.9. The van der Waals surface area contributed by atoms with Crippen LogP contribution in [0.1, 0.15) is 17.3 Å². The molecule has 21 heavy (non-hydrogen) atoms. The summed E-state index contributed by atoms with van der Waals surface area (Å²) in [4.78, 5) is 6.82. The average molecular weight is 278 g/mol. The van der Waals surface area contributed by atoms with Gasteiger partial charge in [0.05, 0.1) is 18.9 Å². The lowest BCUT2D eigenvalue weighted by atomic mass is 10.1. The van der Waals surface area contributed by atoms with Crippen LogP contribution in [0.2, 0.25) is 0 Å². The van der Waals surface area contributed by atoms with Crippen molar-refractivity contribution in [1.82, 2.24) is 9.88 Å². The van der Waals surface area contributed by atoms with Gasteiger partial charge in [-0.1, -0.05) is 36.1 Å². The third-order valence-electron chi connectivity index (χ3n) is 3.51. The van der Waals surface area contributed by atoms with Crippen molar-refractivity contribution >= 4 is 0 Å². The Hall–Kier alpha value is -2.15. The topological polar surface area (TPSA) is 25.4 Å². The number of ether oxygens (including phenoxy) is 1. The van der Waals surface area contributed by atoms with E-state index in [1.54, 1.807) is 0 Å². The fourth-order valence-corrected chi connectivity index (χ4v) is 2.40. The van der Waals surface area contributed by atoms with Crippen LogP contribution < -0.4 is 0 Å². The third-order valence-corrected chi connectivity index (χ3v) is 3.51. The summed E-state index contributed by atoms with van der Waals surface area (Å²) in [7, 11) is 0. The van der Waals surface area contributed by atoms with Crippen LogP contribution in [0.3, 0.4) is 0 Å². The van der Waals surface area contributed by atoms with Gasteiger partial charge in [0.25, 0.3) is 0 Å². The summed E-state index contributed by atoms with van der Waals surface area (Å²) in [6, 6.07) is 16.1. The molecular formula is C18H18N2O. The molecule has 1 aliphatic rings. The van der Waals surface area contributed by atoms with Gasteiger partial charge in [0.2, 0.25) is 0 Å². The van der Waals surface area contributed by atoms with Gasteiger partial charge in [0.1, 0.15) is 6.04 Å². The van der Waals surface area contributed by atoms with Crippen molar-refractivity contribution in [2.75, 3.05) is 26.3 Å². The molecule has 3 rings (SSSR count). The van der Waals surface area contributed by atoms with Crippen molar-refractivity contribution in [3.05, 3.63) is 66.0 Å². The second-order valence-electron chi connectivity index (χ2n) is 4.94. The minimum Gasteiger partial charge on any atom is -0.379 e. The summed E-state index contributed by atoms with van der Waals surface area (Å²) >= 11 is 0. The minimum atomic E-state index is 0.0234. The Morgan fingerprint density at radius 1 is 1.00 bits per heavy atom. The van der Waals surface area contributed by atoms with Crippen LogP contribution in [0.5, 0.6) is 0 Å². The summed E-state index contributed by atoms with van der Waals surface area (Å²) in [6.07, 6.45) is 1.83. The van der Waals surface area contributed by atoms with Gasteiger partial charge < -0.3 is 4.74 Å². The molecule has 1 aromatic carbocycles. The smallest absolute Gasteiger partial charge is 0.115 e. The number of nitrogens with zero attached hydrogens (tertiary/aromatic N) is 2. The maximum absolute atomic E-state index is 5.44. The Morgan fingerprint density at radius 2 is 1.76 bits per heavy atom. The van der Waals surface area contributed by atoms with E-state index in [1.165, 1.54) is 0 Å². The lowest BCUT2D eigenvalue weighted by molar-refractivity contribution is 0.0263. The van der Waals surface area contributed by atoms with Gasteiger partial charge in [-0.25, -0.2) is 0 Å². The molecule has 1 aliphatic heterocycles. The molecule has 0 aliphatic carbocycles. The maximum atomic E-state index is 5.44. The lowest BCUT2D eigenvalue weighted by Crippen LogP contribution is -2.38. The molecule has 1 unspecified atom stereocenters. The normalized spacial score (nSPS) is 16.8. The van der Waals surface area contributed by atoms with Gasteiger partial charge >= 0.3 is 0 Å². The van der Waals surface area contributed by atoms with Crippen LogP contribution in [0, 0.1) is 11.8 Å². The largest absolute Gasteiger partial charge is 0.379 e. The first-order valence-electron chi connectivity index (χ1n) is 7.23. The maximum Gasteiger partial charge on any atom is 0.115 e. The van der Waals surface area contributed by atoms with Gasteiger partial charge in [-0.3, -0.25) is 9.88 Å². The molecule has 0 amide bonds. The van der Waals surface area contributed by atoms with Crippen LogP contribution in [0.4, 0.5) is 0 Å². The summed E-state index contributed by atoms with van der Waals surface area (Å²) in [6.45, 7) is 3.31. The fourth-order valence-electron chi connectivity index (χ4n) is 2.40. The second-order valence-corrected chi connectivity index (χ2v) is 4.94. The van der Waals surface area contributed by atoms with Crippen molar-refractivity contribution in [2.24, 2.45) is 0 Å². The molecule has 3 heteroatoms. The van der Waals surface area contributed by atoms with Crippen LogP contribution >= 0.6 is 0 Å². The molecule has 2 aromatic rings. The van der Waals surface area contributed by atoms with Gasteiger partial charge in [0.15, 0.2) is 0 Å². The minimum absolute atomic E-state index is 0.0234. The highest BCUT2D eigenvalue weighted by Crippen LogP contribution is 2.19. The highest BCUT2D eigenvalue weighted by molar-refractivity contribution is 5.36. The average Bonchev–Trinajstić information content (AvgIpc) is 2.58. The first kappa shape index (κ1) is 13.8. The Labute approximate surface area is 125 Å². The highest BCUT2D eigenvalue weighted by Gasteiger charge is 2.21. The quantitative estimate of drug-likeness (QED) is 0.789. The molecule has 2 heterocycles. The zero-order valence-electron chi connectivity index (χ0n) is 11.9.